The van der Waals surface area contributed by atoms with Gasteiger partial charge in [-0.25, -0.2) is 9.97 Å². The second-order valence-corrected chi connectivity index (χ2v) is 2.25. The van der Waals surface area contributed by atoms with E-state index in [-0.39, 0.29) is 0 Å². The average molecular weight is 146 g/mol. The Morgan fingerprint density at radius 2 is 2.45 bits per heavy atom. The maximum absolute atomic E-state index is 5.17. The highest BCUT2D eigenvalue weighted by molar-refractivity contribution is 5.22. The van der Waals surface area contributed by atoms with E-state index in [1.54, 1.807) is 12.3 Å². The van der Waals surface area contributed by atoms with Gasteiger partial charge in [0.25, 0.3) is 0 Å². The number of hydrogen-bond donors (Lipinski definition) is 0. The highest BCUT2D eigenvalue weighted by Crippen LogP contribution is 1.96. The van der Waals surface area contributed by atoms with Crippen LogP contribution in [0.1, 0.15) is 24.9 Å². The first-order valence-corrected chi connectivity index (χ1v) is 3.65. The van der Waals surface area contributed by atoms with Crippen molar-refractivity contribution in [2.24, 2.45) is 0 Å². The molecule has 1 aromatic rings. The third kappa shape index (κ3) is 2.05. The number of aryl methyl sites for hydroxylation is 1. The molecule has 0 N–H and O–H groups in total. The molecule has 0 aliphatic heterocycles. The lowest BCUT2D eigenvalue weighted by Gasteiger charge is -1.95. The van der Waals surface area contributed by atoms with Crippen molar-refractivity contribution in [2.75, 3.05) is 0 Å². The number of rotatable bonds is 2. The first-order valence-electron chi connectivity index (χ1n) is 3.65. The molecule has 1 aromatic heterocycles. The van der Waals surface area contributed by atoms with Crippen molar-refractivity contribution >= 4 is 0 Å². The fourth-order valence-electron chi connectivity index (χ4n) is 0.824. The molecule has 0 fully saturated rings. The maximum atomic E-state index is 5.17. The van der Waals surface area contributed by atoms with Crippen LogP contribution in [0.4, 0.5) is 0 Å². The molecular formula is C9H10N2. The van der Waals surface area contributed by atoms with Gasteiger partial charge in [-0.05, 0) is 12.5 Å². The molecule has 0 radical (unpaired) electrons. The summed E-state index contributed by atoms with van der Waals surface area (Å²) in [4.78, 5) is 8.20. The van der Waals surface area contributed by atoms with E-state index in [9.17, 15) is 0 Å². The molecular weight excluding hydrogens is 136 g/mol. The van der Waals surface area contributed by atoms with Gasteiger partial charge in [-0.2, -0.15) is 0 Å². The third-order valence-electron chi connectivity index (χ3n) is 1.33. The van der Waals surface area contributed by atoms with E-state index in [0.29, 0.717) is 5.69 Å². The first-order chi connectivity index (χ1) is 5.36. The summed E-state index contributed by atoms with van der Waals surface area (Å²) in [6.45, 7) is 2.09. The molecule has 1 rings (SSSR count). The molecule has 0 saturated heterocycles. The van der Waals surface area contributed by atoms with Crippen LogP contribution in [-0.4, -0.2) is 9.97 Å². The van der Waals surface area contributed by atoms with Gasteiger partial charge < -0.3 is 0 Å². The Balaban J connectivity index is 2.85. The Bertz CT molecular complexity index is 273. The van der Waals surface area contributed by atoms with Crippen molar-refractivity contribution in [2.45, 2.75) is 19.8 Å². The lowest BCUT2D eigenvalue weighted by molar-refractivity contribution is 0.831. The van der Waals surface area contributed by atoms with Gasteiger partial charge in [-0.15, -0.1) is 6.42 Å². The zero-order valence-electron chi connectivity index (χ0n) is 6.54. The second kappa shape index (κ2) is 3.72. The van der Waals surface area contributed by atoms with Crippen LogP contribution < -0.4 is 0 Å². The van der Waals surface area contributed by atoms with Crippen LogP contribution in [0.5, 0.6) is 0 Å². The van der Waals surface area contributed by atoms with Crippen LogP contribution in [-0.2, 0) is 6.42 Å². The van der Waals surface area contributed by atoms with Gasteiger partial charge in [-0.1, -0.05) is 12.8 Å². The van der Waals surface area contributed by atoms with E-state index in [0.717, 1.165) is 18.7 Å². The SMILES string of the molecule is C#Cc1ccnc(CCC)n1. The van der Waals surface area contributed by atoms with Crippen molar-refractivity contribution < 1.29 is 0 Å². The van der Waals surface area contributed by atoms with E-state index in [4.69, 9.17) is 6.42 Å². The van der Waals surface area contributed by atoms with Crippen LogP contribution in [0.2, 0.25) is 0 Å². The minimum Gasteiger partial charge on any atom is -0.241 e. The largest absolute Gasteiger partial charge is 0.241 e. The van der Waals surface area contributed by atoms with Gasteiger partial charge in [-0.3, -0.25) is 0 Å². The summed E-state index contributed by atoms with van der Waals surface area (Å²) >= 11 is 0. The molecule has 2 nitrogen and oxygen atoms in total. The van der Waals surface area contributed by atoms with Crippen LogP contribution in [0.3, 0.4) is 0 Å². The summed E-state index contributed by atoms with van der Waals surface area (Å²) in [7, 11) is 0. The smallest absolute Gasteiger partial charge is 0.129 e. The summed E-state index contributed by atoms with van der Waals surface area (Å²) in [5.41, 5.74) is 0.670. The van der Waals surface area contributed by atoms with Gasteiger partial charge in [0.1, 0.15) is 11.5 Å². The van der Waals surface area contributed by atoms with E-state index < -0.39 is 0 Å². The summed E-state index contributed by atoms with van der Waals surface area (Å²) in [6.07, 6.45) is 8.82. The highest BCUT2D eigenvalue weighted by Gasteiger charge is 1.93. The Morgan fingerprint density at radius 1 is 1.64 bits per heavy atom. The minimum absolute atomic E-state index is 0.670. The number of terminal acetylenes is 1. The Hall–Kier alpha value is -1.36. The average Bonchev–Trinajstić information content (AvgIpc) is 2.06. The van der Waals surface area contributed by atoms with Crippen molar-refractivity contribution in [1.29, 1.82) is 0 Å². The Labute approximate surface area is 66.7 Å². The lowest BCUT2D eigenvalue weighted by Crippen LogP contribution is -1.95. The second-order valence-electron chi connectivity index (χ2n) is 2.25. The van der Waals surface area contributed by atoms with Crippen LogP contribution in [0.15, 0.2) is 12.3 Å². The molecule has 0 aliphatic rings. The van der Waals surface area contributed by atoms with E-state index in [1.807, 2.05) is 0 Å². The molecule has 0 spiro atoms. The van der Waals surface area contributed by atoms with Gasteiger partial charge in [0, 0.05) is 12.6 Å². The molecule has 0 bridgehead atoms. The van der Waals surface area contributed by atoms with Crippen LogP contribution in [0, 0.1) is 12.3 Å². The van der Waals surface area contributed by atoms with E-state index in [1.165, 1.54) is 0 Å². The summed E-state index contributed by atoms with van der Waals surface area (Å²) in [6, 6.07) is 1.74. The Kier molecular flexibility index (Phi) is 2.62. The standard InChI is InChI=1S/C9H10N2/c1-3-5-9-10-7-6-8(4-2)11-9/h2,6-7H,3,5H2,1H3. The normalized spacial score (nSPS) is 9.09. The zero-order valence-corrected chi connectivity index (χ0v) is 6.54. The fraction of sp³-hybridized carbons (Fsp3) is 0.333. The van der Waals surface area contributed by atoms with Crippen molar-refractivity contribution in [1.82, 2.24) is 9.97 Å². The third-order valence-corrected chi connectivity index (χ3v) is 1.33. The predicted molar refractivity (Wildman–Crippen MR) is 44.0 cm³/mol. The fourth-order valence-corrected chi connectivity index (χ4v) is 0.824. The molecule has 0 amide bonds. The van der Waals surface area contributed by atoms with Gasteiger partial charge in [0.05, 0.1) is 0 Å². The quantitative estimate of drug-likeness (QED) is 0.589. The summed E-state index contributed by atoms with van der Waals surface area (Å²) in [5.74, 6) is 3.31. The van der Waals surface area contributed by atoms with Crippen molar-refractivity contribution in [3.63, 3.8) is 0 Å². The van der Waals surface area contributed by atoms with Gasteiger partial charge >= 0.3 is 0 Å². The minimum atomic E-state index is 0.670. The molecule has 56 valence electrons. The van der Waals surface area contributed by atoms with Gasteiger partial charge in [0.15, 0.2) is 0 Å². The number of aromatic nitrogens is 2. The topological polar surface area (TPSA) is 25.8 Å². The zero-order chi connectivity index (χ0) is 8.10. The molecule has 1 heterocycles. The van der Waals surface area contributed by atoms with E-state index in [2.05, 4.69) is 22.8 Å². The molecule has 11 heavy (non-hydrogen) atoms. The van der Waals surface area contributed by atoms with Crippen molar-refractivity contribution in [3.8, 4) is 12.3 Å². The van der Waals surface area contributed by atoms with Crippen molar-refractivity contribution in [3.05, 3.63) is 23.8 Å². The monoisotopic (exact) mass is 146 g/mol. The number of nitrogens with zero attached hydrogens (tertiary/aromatic N) is 2. The van der Waals surface area contributed by atoms with Gasteiger partial charge in [0.2, 0.25) is 0 Å². The lowest BCUT2D eigenvalue weighted by atomic mass is 10.3. The molecule has 0 unspecified atom stereocenters. The van der Waals surface area contributed by atoms with Crippen LogP contribution in [0.25, 0.3) is 0 Å². The molecule has 0 aliphatic carbocycles. The first kappa shape index (κ1) is 7.74. The summed E-state index contributed by atoms with van der Waals surface area (Å²) in [5, 5.41) is 0. The predicted octanol–water partition coefficient (Wildman–Crippen LogP) is 1.41. The molecule has 2 heteroatoms. The maximum Gasteiger partial charge on any atom is 0.129 e. The molecule has 0 aromatic carbocycles. The van der Waals surface area contributed by atoms with E-state index >= 15 is 0 Å². The molecule has 0 atom stereocenters. The molecule has 0 saturated carbocycles. The Morgan fingerprint density at radius 3 is 3.09 bits per heavy atom. The van der Waals surface area contributed by atoms with Crippen LogP contribution >= 0.6 is 0 Å². The summed E-state index contributed by atoms with van der Waals surface area (Å²) < 4.78 is 0. The number of hydrogen-bond acceptors (Lipinski definition) is 2. The highest BCUT2D eigenvalue weighted by atomic mass is 14.9.